The van der Waals surface area contributed by atoms with Crippen LogP contribution in [0.1, 0.15) is 42.6 Å². The van der Waals surface area contributed by atoms with Crippen molar-refractivity contribution < 1.29 is 9.90 Å². The first-order valence-corrected chi connectivity index (χ1v) is 7.26. The lowest BCUT2D eigenvalue weighted by atomic mass is 9.93. The van der Waals surface area contributed by atoms with Crippen molar-refractivity contribution >= 4 is 28.5 Å². The van der Waals surface area contributed by atoms with E-state index in [4.69, 9.17) is 0 Å². The molecule has 1 rings (SSSR count). The summed E-state index contributed by atoms with van der Waals surface area (Å²) in [6, 6.07) is 5.68. The Balaban J connectivity index is 2.98. The topological polar surface area (TPSA) is 49.3 Å². The SMILES string of the molecule is CCC(CC)(CO)NC(=O)c1cccc(C)c1I. The lowest BCUT2D eigenvalue weighted by Gasteiger charge is -2.31. The number of aliphatic hydroxyl groups excluding tert-OH is 1. The highest BCUT2D eigenvalue weighted by Crippen LogP contribution is 2.19. The minimum Gasteiger partial charge on any atom is -0.394 e. The number of aryl methyl sites for hydroxylation is 1. The van der Waals surface area contributed by atoms with Crippen molar-refractivity contribution in [1.82, 2.24) is 5.32 Å². The van der Waals surface area contributed by atoms with Gasteiger partial charge in [0.2, 0.25) is 0 Å². The van der Waals surface area contributed by atoms with Gasteiger partial charge in [0.05, 0.1) is 17.7 Å². The van der Waals surface area contributed by atoms with Crippen molar-refractivity contribution in [3.05, 3.63) is 32.9 Å². The Labute approximate surface area is 122 Å². The molecule has 0 unspecified atom stereocenters. The second-order valence-electron chi connectivity index (χ2n) is 4.54. The summed E-state index contributed by atoms with van der Waals surface area (Å²) in [5.74, 6) is -0.110. The molecule has 0 fully saturated rings. The lowest BCUT2D eigenvalue weighted by Crippen LogP contribution is -2.50. The van der Waals surface area contributed by atoms with Gasteiger partial charge in [0, 0.05) is 3.57 Å². The van der Waals surface area contributed by atoms with Crippen LogP contribution in [0.15, 0.2) is 18.2 Å². The first-order valence-electron chi connectivity index (χ1n) is 6.18. The van der Waals surface area contributed by atoms with Crippen molar-refractivity contribution in [2.45, 2.75) is 39.2 Å². The van der Waals surface area contributed by atoms with E-state index in [9.17, 15) is 9.90 Å². The monoisotopic (exact) mass is 361 g/mol. The molecule has 0 bridgehead atoms. The first kappa shape index (κ1) is 15.4. The molecule has 2 N–H and O–H groups in total. The van der Waals surface area contributed by atoms with Crippen molar-refractivity contribution in [3.63, 3.8) is 0 Å². The molecular weight excluding hydrogens is 341 g/mol. The summed E-state index contributed by atoms with van der Waals surface area (Å²) in [6.45, 7) is 5.90. The van der Waals surface area contributed by atoms with Crippen LogP contribution in [0.3, 0.4) is 0 Å². The summed E-state index contributed by atoms with van der Waals surface area (Å²) in [4.78, 5) is 12.3. The van der Waals surface area contributed by atoms with Crippen molar-refractivity contribution in [1.29, 1.82) is 0 Å². The van der Waals surface area contributed by atoms with E-state index in [0.29, 0.717) is 18.4 Å². The molecule has 0 atom stereocenters. The first-order chi connectivity index (χ1) is 8.49. The molecule has 0 heterocycles. The van der Waals surface area contributed by atoms with E-state index in [0.717, 1.165) is 9.13 Å². The third kappa shape index (κ3) is 3.23. The van der Waals surface area contributed by atoms with Gasteiger partial charge in [0.25, 0.3) is 5.91 Å². The average molecular weight is 361 g/mol. The minimum atomic E-state index is -0.510. The quantitative estimate of drug-likeness (QED) is 0.793. The van der Waals surface area contributed by atoms with Gasteiger partial charge >= 0.3 is 0 Å². The van der Waals surface area contributed by atoms with Crippen LogP contribution < -0.4 is 5.32 Å². The van der Waals surface area contributed by atoms with Crippen LogP contribution in [0, 0.1) is 10.5 Å². The van der Waals surface area contributed by atoms with Gasteiger partial charge in [-0.2, -0.15) is 0 Å². The third-order valence-electron chi connectivity index (χ3n) is 3.47. The van der Waals surface area contributed by atoms with Crippen LogP contribution >= 0.6 is 22.6 Å². The average Bonchev–Trinajstić information content (AvgIpc) is 2.39. The Bertz CT molecular complexity index is 420. The summed E-state index contributed by atoms with van der Waals surface area (Å²) in [6.07, 6.45) is 1.43. The standard InChI is InChI=1S/C14H20INO2/c1-4-14(5-2,9-17)16-13(18)11-8-6-7-10(3)12(11)15/h6-8,17H,4-5,9H2,1-3H3,(H,16,18). The van der Waals surface area contributed by atoms with E-state index in [2.05, 4.69) is 27.9 Å². The molecule has 0 radical (unpaired) electrons. The van der Waals surface area contributed by atoms with Crippen molar-refractivity contribution in [3.8, 4) is 0 Å². The van der Waals surface area contributed by atoms with Gasteiger partial charge in [0.1, 0.15) is 0 Å². The molecule has 3 nitrogen and oxygen atoms in total. The lowest BCUT2D eigenvalue weighted by molar-refractivity contribution is 0.0817. The molecular formula is C14H20INO2. The van der Waals surface area contributed by atoms with E-state index >= 15 is 0 Å². The Morgan fingerprint density at radius 3 is 2.50 bits per heavy atom. The van der Waals surface area contributed by atoms with Gasteiger partial charge < -0.3 is 10.4 Å². The number of aliphatic hydroxyl groups is 1. The summed E-state index contributed by atoms with van der Waals surface area (Å²) < 4.78 is 0.964. The molecule has 0 saturated heterocycles. The second-order valence-corrected chi connectivity index (χ2v) is 5.61. The maximum atomic E-state index is 12.3. The smallest absolute Gasteiger partial charge is 0.252 e. The Kier molecular flexibility index (Phi) is 5.59. The molecule has 0 aliphatic carbocycles. The Hall–Kier alpha value is -0.620. The molecule has 0 aromatic heterocycles. The zero-order chi connectivity index (χ0) is 13.8. The number of halogens is 1. The molecule has 0 spiro atoms. The number of carbonyl (C=O) groups is 1. The van der Waals surface area contributed by atoms with Gasteiger partial charge in [-0.1, -0.05) is 26.0 Å². The fourth-order valence-electron chi connectivity index (χ4n) is 1.82. The zero-order valence-electron chi connectivity index (χ0n) is 11.1. The number of hydrogen-bond donors (Lipinski definition) is 2. The van der Waals surface area contributed by atoms with Gasteiger partial charge in [0.15, 0.2) is 0 Å². The van der Waals surface area contributed by atoms with Crippen LogP contribution in [-0.2, 0) is 0 Å². The van der Waals surface area contributed by atoms with Crippen LogP contribution in [0.2, 0.25) is 0 Å². The molecule has 18 heavy (non-hydrogen) atoms. The fraction of sp³-hybridized carbons (Fsp3) is 0.500. The predicted octanol–water partition coefficient (Wildman–Crippen LogP) is 2.88. The number of amides is 1. The summed E-state index contributed by atoms with van der Waals surface area (Å²) in [5.41, 5.74) is 1.25. The Morgan fingerprint density at radius 1 is 1.39 bits per heavy atom. The third-order valence-corrected chi connectivity index (χ3v) is 4.90. The molecule has 0 aliphatic heterocycles. The molecule has 1 amide bonds. The van der Waals surface area contributed by atoms with E-state index < -0.39 is 5.54 Å². The summed E-state index contributed by atoms with van der Waals surface area (Å²) >= 11 is 2.18. The van der Waals surface area contributed by atoms with Crippen LogP contribution in [0.25, 0.3) is 0 Å². The highest BCUT2D eigenvalue weighted by Gasteiger charge is 2.28. The van der Waals surface area contributed by atoms with E-state index in [1.54, 1.807) is 0 Å². The molecule has 100 valence electrons. The number of nitrogens with one attached hydrogen (secondary N) is 1. The summed E-state index contributed by atoms with van der Waals surface area (Å²) in [5, 5.41) is 12.4. The molecule has 1 aromatic rings. The summed E-state index contributed by atoms with van der Waals surface area (Å²) in [7, 11) is 0. The number of hydrogen-bond acceptors (Lipinski definition) is 2. The van der Waals surface area contributed by atoms with Crippen LogP contribution in [0.4, 0.5) is 0 Å². The maximum Gasteiger partial charge on any atom is 0.252 e. The number of benzene rings is 1. The van der Waals surface area contributed by atoms with Gasteiger partial charge in [-0.05, 0) is 54.0 Å². The maximum absolute atomic E-state index is 12.3. The van der Waals surface area contributed by atoms with Gasteiger partial charge in [-0.25, -0.2) is 0 Å². The zero-order valence-corrected chi connectivity index (χ0v) is 13.2. The number of carbonyl (C=O) groups excluding carboxylic acids is 1. The normalized spacial score (nSPS) is 11.4. The van der Waals surface area contributed by atoms with E-state index in [-0.39, 0.29) is 12.5 Å². The van der Waals surface area contributed by atoms with Gasteiger partial charge in [-0.3, -0.25) is 4.79 Å². The largest absolute Gasteiger partial charge is 0.394 e. The highest BCUT2D eigenvalue weighted by atomic mass is 127. The molecule has 0 aliphatic rings. The molecule has 4 heteroatoms. The van der Waals surface area contributed by atoms with Crippen LogP contribution in [0.5, 0.6) is 0 Å². The van der Waals surface area contributed by atoms with E-state index in [1.807, 2.05) is 39.0 Å². The fourth-order valence-corrected chi connectivity index (χ4v) is 2.43. The van der Waals surface area contributed by atoms with Gasteiger partial charge in [-0.15, -0.1) is 0 Å². The molecule has 1 aromatic carbocycles. The Morgan fingerprint density at radius 2 is 2.00 bits per heavy atom. The van der Waals surface area contributed by atoms with Crippen LogP contribution in [-0.4, -0.2) is 23.2 Å². The minimum absolute atomic E-state index is 0.0336. The van der Waals surface area contributed by atoms with E-state index in [1.165, 1.54) is 0 Å². The second kappa shape index (κ2) is 6.52. The van der Waals surface area contributed by atoms with Crippen molar-refractivity contribution in [2.75, 3.05) is 6.61 Å². The molecule has 0 saturated carbocycles. The highest BCUT2D eigenvalue weighted by molar-refractivity contribution is 14.1. The van der Waals surface area contributed by atoms with Crippen molar-refractivity contribution in [2.24, 2.45) is 0 Å². The predicted molar refractivity (Wildman–Crippen MR) is 81.8 cm³/mol. The number of rotatable bonds is 5.